The fourth-order valence-corrected chi connectivity index (χ4v) is 2.77. The van der Waals surface area contributed by atoms with Crippen molar-refractivity contribution in [1.82, 2.24) is 10.3 Å². The fraction of sp³-hybridized carbons (Fsp3) is 0.538. The standard InChI is InChI=1S/C13H17BrN2O2/c14-11-6-10(7-15-8-11)12(18)16-13(9-17)4-2-1-3-5-13/h6-8,17H,1-5,9H2,(H,16,18). The molecule has 0 saturated heterocycles. The van der Waals surface area contributed by atoms with Gasteiger partial charge in [-0.1, -0.05) is 19.3 Å². The first kappa shape index (κ1) is 13.5. The quantitative estimate of drug-likeness (QED) is 0.900. The van der Waals surface area contributed by atoms with Gasteiger partial charge in [0, 0.05) is 16.9 Å². The lowest BCUT2D eigenvalue weighted by atomic mass is 9.82. The summed E-state index contributed by atoms with van der Waals surface area (Å²) < 4.78 is 0.775. The lowest BCUT2D eigenvalue weighted by Crippen LogP contribution is -2.52. The molecule has 0 aliphatic heterocycles. The Morgan fingerprint density at radius 2 is 2.11 bits per heavy atom. The Hall–Kier alpha value is -0.940. The molecule has 1 saturated carbocycles. The lowest BCUT2D eigenvalue weighted by Gasteiger charge is -2.36. The molecular formula is C13H17BrN2O2. The van der Waals surface area contributed by atoms with Gasteiger partial charge in [0.2, 0.25) is 0 Å². The van der Waals surface area contributed by atoms with E-state index in [0.717, 1.165) is 30.2 Å². The van der Waals surface area contributed by atoms with E-state index in [0.29, 0.717) is 5.56 Å². The minimum absolute atomic E-state index is 0.000170. The van der Waals surface area contributed by atoms with Crippen LogP contribution >= 0.6 is 15.9 Å². The fourth-order valence-electron chi connectivity index (χ4n) is 2.40. The summed E-state index contributed by atoms with van der Waals surface area (Å²) in [5.41, 5.74) is 0.0697. The second-order valence-electron chi connectivity index (χ2n) is 4.85. The van der Waals surface area contributed by atoms with Gasteiger partial charge in [-0.05, 0) is 34.8 Å². The van der Waals surface area contributed by atoms with Crippen molar-refractivity contribution in [2.75, 3.05) is 6.61 Å². The lowest BCUT2D eigenvalue weighted by molar-refractivity contribution is 0.0758. The van der Waals surface area contributed by atoms with Crippen molar-refractivity contribution < 1.29 is 9.90 Å². The molecule has 1 aliphatic carbocycles. The third-order valence-corrected chi connectivity index (χ3v) is 3.89. The number of nitrogens with one attached hydrogen (secondary N) is 1. The van der Waals surface area contributed by atoms with Crippen LogP contribution in [0.15, 0.2) is 22.9 Å². The highest BCUT2D eigenvalue weighted by Gasteiger charge is 2.33. The molecule has 1 aromatic heterocycles. The average Bonchev–Trinajstić information content (AvgIpc) is 2.40. The number of halogens is 1. The van der Waals surface area contributed by atoms with Crippen LogP contribution in [0.1, 0.15) is 42.5 Å². The number of nitrogens with zero attached hydrogens (tertiary/aromatic N) is 1. The van der Waals surface area contributed by atoms with Crippen molar-refractivity contribution in [1.29, 1.82) is 0 Å². The number of aromatic nitrogens is 1. The van der Waals surface area contributed by atoms with E-state index >= 15 is 0 Å². The number of hydrogen-bond acceptors (Lipinski definition) is 3. The van der Waals surface area contributed by atoms with E-state index in [2.05, 4.69) is 26.2 Å². The van der Waals surface area contributed by atoms with Crippen molar-refractivity contribution in [3.8, 4) is 0 Å². The zero-order valence-electron chi connectivity index (χ0n) is 10.2. The van der Waals surface area contributed by atoms with Crippen LogP contribution in [0, 0.1) is 0 Å². The molecule has 1 heterocycles. The molecule has 0 aromatic carbocycles. The van der Waals surface area contributed by atoms with E-state index in [1.807, 2.05) is 0 Å². The first-order chi connectivity index (χ1) is 8.65. The van der Waals surface area contributed by atoms with Gasteiger partial charge in [-0.2, -0.15) is 0 Å². The summed E-state index contributed by atoms with van der Waals surface area (Å²) in [5, 5.41) is 12.5. The van der Waals surface area contributed by atoms with Gasteiger partial charge in [-0.15, -0.1) is 0 Å². The first-order valence-corrected chi connectivity index (χ1v) is 6.98. The summed E-state index contributed by atoms with van der Waals surface area (Å²) in [6.45, 7) is 0.000170. The van der Waals surface area contributed by atoms with Crippen molar-refractivity contribution in [2.24, 2.45) is 0 Å². The van der Waals surface area contributed by atoms with Gasteiger partial charge in [-0.3, -0.25) is 9.78 Å². The number of aliphatic hydroxyl groups excluding tert-OH is 1. The summed E-state index contributed by atoms with van der Waals surface area (Å²) in [6, 6.07) is 1.73. The van der Waals surface area contributed by atoms with E-state index in [1.54, 1.807) is 12.3 Å². The zero-order valence-corrected chi connectivity index (χ0v) is 11.7. The Labute approximate surface area is 115 Å². The largest absolute Gasteiger partial charge is 0.394 e. The van der Waals surface area contributed by atoms with Crippen LogP contribution in [-0.2, 0) is 0 Å². The van der Waals surface area contributed by atoms with Crippen LogP contribution in [0.4, 0.5) is 0 Å². The van der Waals surface area contributed by atoms with E-state index in [1.165, 1.54) is 12.6 Å². The number of carbonyl (C=O) groups excluding carboxylic acids is 1. The molecule has 5 heteroatoms. The third-order valence-electron chi connectivity index (χ3n) is 3.46. The smallest absolute Gasteiger partial charge is 0.253 e. The molecule has 0 radical (unpaired) electrons. The highest BCUT2D eigenvalue weighted by molar-refractivity contribution is 9.10. The van der Waals surface area contributed by atoms with Gasteiger partial charge >= 0.3 is 0 Å². The Morgan fingerprint density at radius 3 is 2.72 bits per heavy atom. The van der Waals surface area contributed by atoms with Crippen LogP contribution in [0.3, 0.4) is 0 Å². The summed E-state index contributed by atoms with van der Waals surface area (Å²) in [4.78, 5) is 16.1. The minimum atomic E-state index is -0.447. The normalized spacial score (nSPS) is 18.3. The molecular weight excluding hydrogens is 296 g/mol. The molecule has 1 aliphatic rings. The average molecular weight is 313 g/mol. The summed E-state index contributed by atoms with van der Waals surface area (Å²) in [6.07, 6.45) is 8.14. The Bertz CT molecular complexity index is 431. The molecule has 0 atom stereocenters. The van der Waals surface area contributed by atoms with E-state index in [-0.39, 0.29) is 12.5 Å². The van der Waals surface area contributed by atoms with Crippen LogP contribution in [0.2, 0.25) is 0 Å². The second-order valence-corrected chi connectivity index (χ2v) is 5.76. The van der Waals surface area contributed by atoms with Crippen LogP contribution in [0.25, 0.3) is 0 Å². The predicted octanol–water partition coefficient (Wildman–Crippen LogP) is 2.27. The molecule has 1 amide bonds. The van der Waals surface area contributed by atoms with Crippen LogP contribution in [-0.4, -0.2) is 28.1 Å². The minimum Gasteiger partial charge on any atom is -0.394 e. The number of amides is 1. The maximum absolute atomic E-state index is 12.1. The highest BCUT2D eigenvalue weighted by atomic mass is 79.9. The summed E-state index contributed by atoms with van der Waals surface area (Å²) in [7, 11) is 0. The molecule has 1 aromatic rings. The van der Waals surface area contributed by atoms with Gasteiger partial charge in [0.25, 0.3) is 5.91 Å². The molecule has 98 valence electrons. The summed E-state index contributed by atoms with van der Waals surface area (Å²) in [5.74, 6) is -0.167. The number of hydrogen-bond donors (Lipinski definition) is 2. The van der Waals surface area contributed by atoms with Crippen LogP contribution < -0.4 is 5.32 Å². The van der Waals surface area contributed by atoms with Gasteiger partial charge in [-0.25, -0.2) is 0 Å². The summed E-state index contributed by atoms with van der Waals surface area (Å²) >= 11 is 3.29. The molecule has 0 spiro atoms. The van der Waals surface area contributed by atoms with Gasteiger partial charge in [0.05, 0.1) is 17.7 Å². The van der Waals surface area contributed by atoms with Crippen molar-refractivity contribution >= 4 is 21.8 Å². The molecule has 0 bridgehead atoms. The van der Waals surface area contributed by atoms with Crippen molar-refractivity contribution in [3.63, 3.8) is 0 Å². The monoisotopic (exact) mass is 312 g/mol. The van der Waals surface area contributed by atoms with E-state index in [9.17, 15) is 9.90 Å². The number of carbonyl (C=O) groups is 1. The number of rotatable bonds is 3. The number of pyridine rings is 1. The Kier molecular flexibility index (Phi) is 4.35. The number of aliphatic hydroxyl groups is 1. The topological polar surface area (TPSA) is 62.2 Å². The molecule has 0 unspecified atom stereocenters. The SMILES string of the molecule is O=C(NC1(CO)CCCCC1)c1cncc(Br)c1. The second kappa shape index (κ2) is 5.80. The van der Waals surface area contributed by atoms with Crippen molar-refractivity contribution in [2.45, 2.75) is 37.6 Å². The van der Waals surface area contributed by atoms with Crippen molar-refractivity contribution in [3.05, 3.63) is 28.5 Å². The molecule has 1 fully saturated rings. The molecule has 2 N–H and O–H groups in total. The molecule has 4 nitrogen and oxygen atoms in total. The third kappa shape index (κ3) is 3.09. The molecule has 18 heavy (non-hydrogen) atoms. The maximum Gasteiger partial charge on any atom is 0.253 e. The van der Waals surface area contributed by atoms with E-state index in [4.69, 9.17) is 0 Å². The Morgan fingerprint density at radius 1 is 1.39 bits per heavy atom. The van der Waals surface area contributed by atoms with Gasteiger partial charge in [0.1, 0.15) is 0 Å². The van der Waals surface area contributed by atoms with Gasteiger partial charge in [0.15, 0.2) is 0 Å². The molecule has 2 rings (SSSR count). The van der Waals surface area contributed by atoms with Crippen LogP contribution in [0.5, 0.6) is 0 Å². The van der Waals surface area contributed by atoms with E-state index < -0.39 is 5.54 Å². The first-order valence-electron chi connectivity index (χ1n) is 6.19. The maximum atomic E-state index is 12.1. The zero-order chi connectivity index (χ0) is 13.0. The van der Waals surface area contributed by atoms with Gasteiger partial charge < -0.3 is 10.4 Å². The predicted molar refractivity (Wildman–Crippen MR) is 72.3 cm³/mol. The highest BCUT2D eigenvalue weighted by Crippen LogP contribution is 2.28. The Balaban J connectivity index is 2.10.